The molecule has 0 atom stereocenters. The third-order valence-electron chi connectivity index (χ3n) is 2.51. The number of hydrogen-bond donors (Lipinski definition) is 0. The number of benzene rings is 1. The summed E-state index contributed by atoms with van der Waals surface area (Å²) in [6.45, 7) is -1.02. The third kappa shape index (κ3) is 2.64. The molecule has 0 aromatic heterocycles. The van der Waals surface area contributed by atoms with Gasteiger partial charge >= 0.3 is 6.18 Å². The molecule has 0 saturated heterocycles. The highest BCUT2D eigenvalue weighted by atomic mass is 19.4. The molecule has 3 nitrogen and oxygen atoms in total. The summed E-state index contributed by atoms with van der Waals surface area (Å²) in [6, 6.07) is 5.74. The van der Waals surface area contributed by atoms with E-state index < -0.39 is 36.4 Å². The van der Waals surface area contributed by atoms with E-state index in [1.807, 2.05) is 0 Å². The predicted molar refractivity (Wildman–Crippen MR) is 57.1 cm³/mol. The van der Waals surface area contributed by atoms with Crippen molar-refractivity contribution >= 4 is 11.8 Å². The summed E-state index contributed by atoms with van der Waals surface area (Å²) in [7, 11) is 0. The maximum atomic E-state index is 13.1. The normalized spacial score (nSPS) is 16.0. The highest BCUT2D eigenvalue weighted by Gasteiger charge is 2.36. The number of allylic oxidation sites excluding steroid dienone is 1. The molecule has 0 fully saturated rings. The van der Waals surface area contributed by atoms with Crippen molar-refractivity contribution < 1.29 is 27.2 Å². The Balaban J connectivity index is 2.24. The van der Waals surface area contributed by atoms with Crippen molar-refractivity contribution in [2.24, 2.45) is 0 Å². The molecular weight excluding hydrogens is 266 g/mol. The van der Waals surface area contributed by atoms with Gasteiger partial charge in [0.1, 0.15) is 5.83 Å². The molecule has 0 N–H and O–H groups in total. The van der Waals surface area contributed by atoms with Crippen molar-refractivity contribution in [2.75, 3.05) is 6.54 Å². The predicted octanol–water partition coefficient (Wildman–Crippen LogP) is 2.70. The first-order chi connectivity index (χ1) is 8.79. The van der Waals surface area contributed by atoms with Gasteiger partial charge in [0.25, 0.3) is 11.8 Å². The van der Waals surface area contributed by atoms with E-state index in [0.29, 0.717) is 4.90 Å². The van der Waals surface area contributed by atoms with Crippen molar-refractivity contribution in [3.8, 4) is 0 Å². The molecule has 0 radical (unpaired) electrons. The molecule has 0 saturated carbocycles. The van der Waals surface area contributed by atoms with E-state index in [2.05, 4.69) is 0 Å². The van der Waals surface area contributed by atoms with Gasteiger partial charge in [-0.1, -0.05) is 12.1 Å². The molecule has 1 aromatic carbocycles. The van der Waals surface area contributed by atoms with Gasteiger partial charge < -0.3 is 0 Å². The molecular formula is C12H7F4NO2. The number of alkyl halides is 3. The van der Waals surface area contributed by atoms with E-state index in [9.17, 15) is 27.2 Å². The van der Waals surface area contributed by atoms with Crippen LogP contribution in [0.25, 0.3) is 0 Å². The van der Waals surface area contributed by atoms with Crippen LogP contribution in [0, 0.1) is 0 Å². The van der Waals surface area contributed by atoms with E-state index in [-0.39, 0.29) is 11.1 Å². The number of rotatable bonds is 2. The number of imide groups is 1. The molecule has 0 spiro atoms. The number of carbonyl (C=O) groups is 2. The van der Waals surface area contributed by atoms with Crippen LogP contribution in [0.1, 0.15) is 20.7 Å². The zero-order valence-electron chi connectivity index (χ0n) is 9.37. The van der Waals surface area contributed by atoms with Crippen molar-refractivity contribution in [1.29, 1.82) is 0 Å². The zero-order chi connectivity index (χ0) is 14.2. The Morgan fingerprint density at radius 3 is 2.00 bits per heavy atom. The van der Waals surface area contributed by atoms with E-state index in [1.165, 1.54) is 24.3 Å². The first-order valence-electron chi connectivity index (χ1n) is 5.19. The minimum absolute atomic E-state index is 0.0623. The number of halogens is 4. The number of amides is 2. The van der Waals surface area contributed by atoms with Crippen LogP contribution < -0.4 is 0 Å². The number of carbonyl (C=O) groups excluding carboxylic acids is 2. The summed E-state index contributed by atoms with van der Waals surface area (Å²) in [6.07, 6.45) is -5.40. The summed E-state index contributed by atoms with van der Waals surface area (Å²) in [5.74, 6) is -3.19. The van der Waals surface area contributed by atoms with Crippen LogP contribution in [-0.2, 0) is 0 Å². The Labute approximate surface area is 105 Å². The van der Waals surface area contributed by atoms with Crippen LogP contribution in [0.3, 0.4) is 0 Å². The van der Waals surface area contributed by atoms with E-state index in [1.54, 1.807) is 0 Å². The van der Waals surface area contributed by atoms with Gasteiger partial charge in [-0.15, -0.1) is 0 Å². The first kappa shape index (κ1) is 13.3. The average molecular weight is 273 g/mol. The Morgan fingerprint density at radius 2 is 1.58 bits per heavy atom. The molecule has 100 valence electrons. The largest absolute Gasteiger partial charge is 0.412 e. The van der Waals surface area contributed by atoms with Gasteiger partial charge in [-0.05, 0) is 12.1 Å². The molecule has 2 rings (SSSR count). The van der Waals surface area contributed by atoms with Gasteiger partial charge in [0.05, 0.1) is 23.7 Å². The Bertz CT molecular complexity index is 542. The second-order valence-corrected chi connectivity index (χ2v) is 3.87. The number of nitrogens with zero attached hydrogens (tertiary/aromatic N) is 1. The van der Waals surface area contributed by atoms with Crippen LogP contribution in [-0.4, -0.2) is 29.4 Å². The van der Waals surface area contributed by atoms with Crippen LogP contribution >= 0.6 is 0 Å². The number of fused-ring (bicyclic) bond motifs is 1. The molecule has 0 unspecified atom stereocenters. The highest BCUT2D eigenvalue weighted by molar-refractivity contribution is 6.21. The van der Waals surface area contributed by atoms with Crippen molar-refractivity contribution in [1.82, 2.24) is 4.90 Å². The minimum atomic E-state index is -4.83. The van der Waals surface area contributed by atoms with Gasteiger partial charge in [-0.2, -0.15) is 13.2 Å². The number of hydrogen-bond acceptors (Lipinski definition) is 2. The van der Waals surface area contributed by atoms with Crippen LogP contribution in [0.2, 0.25) is 0 Å². The Kier molecular flexibility index (Phi) is 3.13. The van der Waals surface area contributed by atoms with Crippen LogP contribution in [0.15, 0.2) is 36.2 Å². The molecule has 0 bridgehead atoms. The lowest BCUT2D eigenvalue weighted by molar-refractivity contribution is -0.0816. The molecule has 2 amide bonds. The topological polar surface area (TPSA) is 37.4 Å². The maximum absolute atomic E-state index is 13.1. The minimum Gasteiger partial charge on any atom is -0.269 e. The lowest BCUT2D eigenvalue weighted by Gasteiger charge is -2.12. The summed E-state index contributed by atoms with van der Waals surface area (Å²) < 4.78 is 48.9. The smallest absolute Gasteiger partial charge is 0.269 e. The van der Waals surface area contributed by atoms with E-state index in [0.717, 1.165) is 0 Å². The molecule has 1 aliphatic rings. The maximum Gasteiger partial charge on any atom is 0.412 e. The average Bonchev–Trinajstić information content (AvgIpc) is 2.53. The highest BCUT2D eigenvalue weighted by Crippen LogP contribution is 2.25. The van der Waals surface area contributed by atoms with E-state index >= 15 is 0 Å². The lowest BCUT2D eigenvalue weighted by Crippen LogP contribution is -2.31. The Hall–Kier alpha value is -2.18. The summed E-state index contributed by atoms with van der Waals surface area (Å²) >= 11 is 0. The summed E-state index contributed by atoms with van der Waals surface area (Å²) in [4.78, 5) is 23.9. The van der Waals surface area contributed by atoms with Crippen molar-refractivity contribution in [2.45, 2.75) is 6.18 Å². The Morgan fingerprint density at radius 1 is 1.11 bits per heavy atom. The standard InChI is InChI=1S/C12H7F4NO2/c13-7(5-12(14,15)16)6-17-10(18)8-3-1-2-4-9(8)11(17)19/h1-5H,6H2/b7-5+. The third-order valence-corrected chi connectivity index (χ3v) is 2.51. The molecule has 1 aliphatic heterocycles. The quantitative estimate of drug-likeness (QED) is 0.613. The van der Waals surface area contributed by atoms with Crippen LogP contribution in [0.4, 0.5) is 17.6 Å². The summed E-state index contributed by atoms with van der Waals surface area (Å²) in [5.41, 5.74) is 0.125. The fourth-order valence-corrected chi connectivity index (χ4v) is 1.76. The second kappa shape index (κ2) is 4.49. The monoisotopic (exact) mass is 273 g/mol. The van der Waals surface area contributed by atoms with Gasteiger partial charge in [-0.3, -0.25) is 14.5 Å². The first-order valence-corrected chi connectivity index (χ1v) is 5.19. The molecule has 0 aliphatic carbocycles. The van der Waals surface area contributed by atoms with Crippen molar-refractivity contribution in [3.63, 3.8) is 0 Å². The lowest BCUT2D eigenvalue weighted by atomic mass is 10.1. The fourth-order valence-electron chi connectivity index (χ4n) is 1.76. The van der Waals surface area contributed by atoms with Crippen molar-refractivity contribution in [3.05, 3.63) is 47.3 Å². The van der Waals surface area contributed by atoms with E-state index in [4.69, 9.17) is 0 Å². The molecule has 1 aromatic rings. The second-order valence-electron chi connectivity index (χ2n) is 3.87. The molecule has 7 heteroatoms. The van der Waals surface area contributed by atoms with Gasteiger partial charge in [0.2, 0.25) is 0 Å². The molecule has 1 heterocycles. The van der Waals surface area contributed by atoms with Gasteiger partial charge in [0, 0.05) is 0 Å². The fraction of sp³-hybridized carbons (Fsp3) is 0.167. The zero-order valence-corrected chi connectivity index (χ0v) is 9.37. The van der Waals surface area contributed by atoms with Crippen LogP contribution in [0.5, 0.6) is 0 Å². The van der Waals surface area contributed by atoms with Gasteiger partial charge in [0.15, 0.2) is 0 Å². The SMILES string of the molecule is O=C1c2ccccc2C(=O)N1C/C(F)=C\C(F)(F)F. The van der Waals surface area contributed by atoms with Gasteiger partial charge in [-0.25, -0.2) is 4.39 Å². The summed E-state index contributed by atoms with van der Waals surface area (Å²) in [5, 5.41) is 0. The molecule has 19 heavy (non-hydrogen) atoms.